The molecule has 0 spiro atoms. The fraction of sp³-hybridized carbons (Fsp3) is 0.550. The van der Waals surface area contributed by atoms with Crippen molar-refractivity contribution in [3.05, 3.63) is 35.0 Å². The quantitative estimate of drug-likeness (QED) is 0.261. The number of phosphoric ester groups is 1. The van der Waals surface area contributed by atoms with Crippen molar-refractivity contribution in [3.8, 4) is 16.2 Å². The number of unbranched alkanes of at least 4 members (excludes halogenated alkanes) is 2. The zero-order valence-electron chi connectivity index (χ0n) is 18.3. The van der Waals surface area contributed by atoms with E-state index in [0.29, 0.717) is 11.5 Å². The summed E-state index contributed by atoms with van der Waals surface area (Å²) in [5.74, 6) is -0.299. The van der Waals surface area contributed by atoms with E-state index >= 15 is 0 Å². The molecule has 13 heteroatoms. The average molecular weight is 512 g/mol. The minimum Gasteiger partial charge on any atom is -0.491 e. The number of nitrogens with two attached hydrogens (primary N) is 1. The molecule has 0 saturated carbocycles. The fourth-order valence-corrected chi connectivity index (χ4v) is 4.14. The first-order chi connectivity index (χ1) is 15.3. The van der Waals surface area contributed by atoms with Crippen molar-refractivity contribution in [2.75, 3.05) is 26.4 Å². The second-order valence-electron chi connectivity index (χ2n) is 7.59. The summed E-state index contributed by atoms with van der Waals surface area (Å²) in [5, 5.41) is 0.250. The Kier molecular flexibility index (Phi) is 9.86. The van der Waals surface area contributed by atoms with Crippen LogP contribution in [0.2, 0.25) is 0 Å². The zero-order chi connectivity index (χ0) is 24.7. The monoisotopic (exact) mass is 512 g/mol. The molecule has 0 aliphatic rings. The number of alkyl halides is 3. The van der Waals surface area contributed by atoms with Crippen LogP contribution in [-0.4, -0.2) is 41.2 Å². The highest BCUT2D eigenvalue weighted by Gasteiger charge is 2.35. The van der Waals surface area contributed by atoms with E-state index in [-0.39, 0.29) is 29.5 Å². The number of phosphoric acid groups is 1. The Balaban J connectivity index is 2.13. The van der Waals surface area contributed by atoms with E-state index < -0.39 is 31.7 Å². The predicted molar refractivity (Wildman–Crippen MR) is 118 cm³/mol. The van der Waals surface area contributed by atoms with Gasteiger partial charge in [0.25, 0.3) is 0 Å². The van der Waals surface area contributed by atoms with Crippen LogP contribution in [0.15, 0.2) is 24.4 Å². The third-order valence-electron chi connectivity index (χ3n) is 4.47. The number of halogens is 3. The van der Waals surface area contributed by atoms with Crippen molar-refractivity contribution in [1.82, 2.24) is 4.98 Å². The Morgan fingerprint density at radius 3 is 2.55 bits per heavy atom. The summed E-state index contributed by atoms with van der Waals surface area (Å²) in [6.07, 6.45) is -0.319. The molecule has 0 aliphatic heterocycles. The number of rotatable bonds is 13. The lowest BCUT2D eigenvalue weighted by atomic mass is 10.1. The third-order valence-corrected chi connectivity index (χ3v) is 6.27. The molecule has 8 nitrogen and oxygen atoms in total. The van der Waals surface area contributed by atoms with E-state index in [0.717, 1.165) is 36.7 Å². The van der Waals surface area contributed by atoms with Crippen LogP contribution in [0.25, 0.3) is 10.4 Å². The highest BCUT2D eigenvalue weighted by Crippen LogP contribution is 2.41. The topological polar surface area (TPSA) is 124 Å². The summed E-state index contributed by atoms with van der Waals surface area (Å²) in [4.78, 5) is 22.2. The van der Waals surface area contributed by atoms with Gasteiger partial charge in [-0.05, 0) is 37.1 Å². The second kappa shape index (κ2) is 11.7. The first-order valence-electron chi connectivity index (χ1n) is 10.2. The highest BCUT2D eigenvalue weighted by atomic mass is 32.1. The lowest BCUT2D eigenvalue weighted by Gasteiger charge is -2.21. The van der Waals surface area contributed by atoms with Crippen molar-refractivity contribution < 1.29 is 41.5 Å². The largest absolute Gasteiger partial charge is 0.491 e. The molecule has 2 rings (SSSR count). The Morgan fingerprint density at radius 2 is 1.91 bits per heavy atom. The summed E-state index contributed by atoms with van der Waals surface area (Å²) in [7, 11) is -4.73. The van der Waals surface area contributed by atoms with Crippen molar-refractivity contribution in [3.63, 3.8) is 0 Å². The first kappa shape index (κ1) is 27.7. The maximum absolute atomic E-state index is 13.6. The smallest absolute Gasteiger partial charge is 0.469 e. The van der Waals surface area contributed by atoms with Gasteiger partial charge in [0.15, 0.2) is 0 Å². The molecule has 0 fully saturated rings. The van der Waals surface area contributed by atoms with Crippen molar-refractivity contribution in [2.24, 2.45) is 5.73 Å². The van der Waals surface area contributed by atoms with Crippen LogP contribution in [-0.2, 0) is 25.5 Å². The fourth-order valence-electron chi connectivity index (χ4n) is 2.75. The standard InChI is InChI=1S/C20H28F3N2O6PS/c1-3-4-5-8-29-9-10-30-16-7-6-14(11-15(16)20(21,22)23)17-12-25-18(33-17)19(2,24)13-31-32(26,27)28/h6-7,11-12H,3-5,8-10,13,24H2,1-2H3,(H2,26,27,28). The molecule has 0 bridgehead atoms. The maximum Gasteiger partial charge on any atom is 0.469 e. The summed E-state index contributed by atoms with van der Waals surface area (Å²) >= 11 is 1.00. The summed E-state index contributed by atoms with van der Waals surface area (Å²) in [6, 6.07) is 3.69. The lowest BCUT2D eigenvalue weighted by molar-refractivity contribution is -0.139. The summed E-state index contributed by atoms with van der Waals surface area (Å²) in [6.45, 7) is 3.71. The molecule has 0 aliphatic carbocycles. The van der Waals surface area contributed by atoms with Gasteiger partial charge in [-0.2, -0.15) is 13.2 Å². The number of ether oxygens (including phenoxy) is 2. The van der Waals surface area contributed by atoms with Gasteiger partial charge < -0.3 is 25.0 Å². The maximum atomic E-state index is 13.6. The molecule has 1 aromatic carbocycles. The second-order valence-corrected chi connectivity index (χ2v) is 9.86. The van der Waals surface area contributed by atoms with E-state index in [1.54, 1.807) is 0 Å². The minimum absolute atomic E-state index is 0.00957. The molecule has 1 heterocycles. The van der Waals surface area contributed by atoms with Gasteiger partial charge in [-0.15, -0.1) is 11.3 Å². The molecule has 1 aromatic heterocycles. The molecular weight excluding hydrogens is 484 g/mol. The van der Waals surface area contributed by atoms with Gasteiger partial charge in [-0.25, -0.2) is 9.55 Å². The number of thiazole rings is 1. The average Bonchev–Trinajstić information content (AvgIpc) is 3.22. The lowest BCUT2D eigenvalue weighted by Crippen LogP contribution is -2.37. The zero-order valence-corrected chi connectivity index (χ0v) is 20.0. The molecule has 4 N–H and O–H groups in total. The minimum atomic E-state index is -4.73. The number of hydrogen-bond acceptors (Lipinski definition) is 7. The van der Waals surface area contributed by atoms with Gasteiger partial charge in [0.2, 0.25) is 0 Å². The Labute approximate surface area is 194 Å². The summed E-state index contributed by atoms with van der Waals surface area (Å²) < 4.78 is 67.0. The first-order valence-corrected chi connectivity index (χ1v) is 12.6. The predicted octanol–water partition coefficient (Wildman–Crippen LogP) is 4.70. The van der Waals surface area contributed by atoms with Gasteiger partial charge in [0.05, 0.1) is 29.2 Å². The third kappa shape index (κ3) is 8.97. The van der Waals surface area contributed by atoms with Gasteiger partial charge in [-0.1, -0.05) is 19.8 Å². The van der Waals surface area contributed by atoms with Crippen molar-refractivity contribution in [1.29, 1.82) is 0 Å². The number of aromatic nitrogens is 1. The summed E-state index contributed by atoms with van der Waals surface area (Å²) in [5.41, 5.74) is 4.01. The molecular formula is C20H28F3N2O6PS. The van der Waals surface area contributed by atoms with Crippen molar-refractivity contribution >= 4 is 19.2 Å². The molecule has 1 unspecified atom stereocenters. The van der Waals surface area contributed by atoms with E-state index in [2.05, 4.69) is 16.4 Å². The number of nitrogens with zero attached hydrogens (tertiary/aromatic N) is 1. The molecule has 1 atom stereocenters. The normalized spacial score (nSPS) is 14.3. The Morgan fingerprint density at radius 1 is 1.18 bits per heavy atom. The van der Waals surface area contributed by atoms with Crippen molar-refractivity contribution in [2.45, 2.75) is 44.8 Å². The van der Waals surface area contributed by atoms with Gasteiger partial charge in [0.1, 0.15) is 17.4 Å². The van der Waals surface area contributed by atoms with Crippen LogP contribution in [0.1, 0.15) is 43.7 Å². The molecule has 33 heavy (non-hydrogen) atoms. The van der Waals surface area contributed by atoms with E-state index in [1.165, 1.54) is 25.3 Å². The van der Waals surface area contributed by atoms with E-state index in [4.69, 9.17) is 25.0 Å². The van der Waals surface area contributed by atoms with Crippen LogP contribution in [0.3, 0.4) is 0 Å². The molecule has 186 valence electrons. The van der Waals surface area contributed by atoms with Crippen LogP contribution >= 0.6 is 19.2 Å². The van der Waals surface area contributed by atoms with E-state index in [9.17, 15) is 17.7 Å². The van der Waals surface area contributed by atoms with Gasteiger partial charge in [0, 0.05) is 12.8 Å². The molecule has 0 amide bonds. The van der Waals surface area contributed by atoms with Crippen LogP contribution in [0.4, 0.5) is 13.2 Å². The molecule has 2 aromatic rings. The Bertz CT molecular complexity index is 948. The number of benzene rings is 1. The number of hydrogen-bond donors (Lipinski definition) is 3. The Hall–Kier alpha value is -1.53. The van der Waals surface area contributed by atoms with Crippen LogP contribution in [0.5, 0.6) is 5.75 Å². The van der Waals surface area contributed by atoms with Crippen LogP contribution in [0, 0.1) is 0 Å². The van der Waals surface area contributed by atoms with Crippen LogP contribution < -0.4 is 10.5 Å². The van der Waals surface area contributed by atoms with Gasteiger partial charge >= 0.3 is 14.0 Å². The SMILES string of the molecule is CCCCCOCCOc1ccc(-c2cnc(C(C)(N)COP(=O)(O)O)s2)cc1C(F)(F)F. The van der Waals surface area contributed by atoms with E-state index in [1.807, 2.05) is 0 Å². The van der Waals surface area contributed by atoms with Gasteiger partial charge in [-0.3, -0.25) is 4.52 Å². The molecule has 0 radical (unpaired) electrons. The highest BCUT2D eigenvalue weighted by molar-refractivity contribution is 7.46. The molecule has 0 saturated heterocycles.